The fraction of sp³-hybridized carbons (Fsp3) is 0.143. The molecule has 1 heterocycles. The molecule has 0 spiro atoms. The molecular weight excluding hydrogens is 383 g/mol. The van der Waals surface area contributed by atoms with E-state index in [1.807, 2.05) is 0 Å². The molecule has 150 valence electrons. The van der Waals surface area contributed by atoms with Crippen LogP contribution < -0.4 is 15.9 Å². The second-order valence-electron chi connectivity index (χ2n) is 8.02. The van der Waals surface area contributed by atoms with Crippen molar-refractivity contribution in [2.24, 2.45) is 0 Å². The van der Waals surface area contributed by atoms with Gasteiger partial charge in [-0.3, -0.25) is 0 Å². The van der Waals surface area contributed by atoms with Crippen LogP contribution in [0.3, 0.4) is 0 Å². The van der Waals surface area contributed by atoms with Gasteiger partial charge in [0, 0.05) is 0 Å². The molecule has 1 nitrogen and oxygen atoms in total. The Morgan fingerprint density at radius 3 is 1.30 bits per heavy atom. The van der Waals surface area contributed by atoms with Crippen molar-refractivity contribution in [3.8, 4) is 0 Å². The van der Waals surface area contributed by atoms with Gasteiger partial charge in [-0.2, -0.15) is 0 Å². The Hall–Kier alpha value is -2.73. The van der Waals surface area contributed by atoms with Crippen LogP contribution in [-0.2, 0) is 4.52 Å². The molecule has 4 aromatic rings. The van der Waals surface area contributed by atoms with Gasteiger partial charge in [0.2, 0.25) is 0 Å². The Morgan fingerprint density at radius 2 is 0.933 bits per heavy atom. The Balaban J connectivity index is 1.86. The van der Waals surface area contributed by atoms with Crippen molar-refractivity contribution < 1.29 is 4.52 Å². The van der Waals surface area contributed by atoms with E-state index in [9.17, 15) is 0 Å². The summed E-state index contributed by atoms with van der Waals surface area (Å²) in [7, 11) is 0. The predicted molar refractivity (Wildman–Crippen MR) is 129 cm³/mol. The van der Waals surface area contributed by atoms with E-state index in [1.165, 1.54) is 21.5 Å². The van der Waals surface area contributed by atoms with Crippen molar-refractivity contribution in [1.29, 1.82) is 0 Å². The molecule has 1 aliphatic rings. The Morgan fingerprint density at radius 1 is 0.567 bits per heavy atom. The SMILES string of the molecule is CC[C@@H]1[C@@H](c2ccccc2)OP1(c1ccccc1)(c1ccccc1)c1ccccc1. The normalized spacial score (nSPS) is 22.9. The molecule has 2 atom stereocenters. The quantitative estimate of drug-likeness (QED) is 0.368. The van der Waals surface area contributed by atoms with Crippen LogP contribution in [0.15, 0.2) is 121 Å². The van der Waals surface area contributed by atoms with Crippen molar-refractivity contribution in [1.82, 2.24) is 0 Å². The molecule has 0 saturated carbocycles. The summed E-state index contributed by atoms with van der Waals surface area (Å²) < 4.78 is 7.39. The van der Waals surface area contributed by atoms with E-state index >= 15 is 0 Å². The molecule has 0 unspecified atom stereocenters. The maximum absolute atomic E-state index is 7.39. The summed E-state index contributed by atoms with van der Waals surface area (Å²) in [4.78, 5) is 0. The van der Waals surface area contributed by atoms with Gasteiger partial charge >= 0.3 is 179 Å². The minimum absolute atomic E-state index is 0.0921. The Bertz CT molecular complexity index is 1010. The van der Waals surface area contributed by atoms with Gasteiger partial charge < -0.3 is 0 Å². The molecule has 2 heteroatoms. The van der Waals surface area contributed by atoms with E-state index in [0.29, 0.717) is 5.66 Å². The molecule has 0 aromatic heterocycles. The average molecular weight is 410 g/mol. The number of hydrogen-bond acceptors (Lipinski definition) is 1. The predicted octanol–water partition coefficient (Wildman–Crippen LogP) is 5.98. The van der Waals surface area contributed by atoms with Crippen LogP contribution in [0.4, 0.5) is 0 Å². The summed E-state index contributed by atoms with van der Waals surface area (Å²) in [6.45, 7) is -0.796. The van der Waals surface area contributed by atoms with Crippen LogP contribution in [0.2, 0.25) is 0 Å². The summed E-state index contributed by atoms with van der Waals surface area (Å²) in [6.07, 6.45) is 1.14. The number of rotatable bonds is 5. The first kappa shape index (κ1) is 19.2. The van der Waals surface area contributed by atoms with Gasteiger partial charge in [-0.1, -0.05) is 0 Å². The average Bonchev–Trinajstić information content (AvgIpc) is 2.82. The molecule has 0 N–H and O–H groups in total. The van der Waals surface area contributed by atoms with Crippen molar-refractivity contribution in [2.75, 3.05) is 0 Å². The monoisotopic (exact) mass is 410 g/mol. The third-order valence-corrected chi connectivity index (χ3v) is 13.2. The van der Waals surface area contributed by atoms with Gasteiger partial charge in [-0.15, -0.1) is 0 Å². The van der Waals surface area contributed by atoms with Crippen molar-refractivity contribution in [3.05, 3.63) is 127 Å². The second-order valence-corrected chi connectivity index (χ2v) is 12.6. The molecule has 4 aromatic carbocycles. The van der Waals surface area contributed by atoms with Gasteiger partial charge in [0.25, 0.3) is 0 Å². The fourth-order valence-corrected chi connectivity index (χ4v) is 12.3. The Labute approximate surface area is 179 Å². The molecule has 5 rings (SSSR count). The van der Waals surface area contributed by atoms with Gasteiger partial charge in [-0.05, 0) is 0 Å². The molecule has 0 bridgehead atoms. The molecule has 1 aliphatic heterocycles. The molecule has 0 amide bonds. The molecule has 0 radical (unpaired) electrons. The van der Waals surface area contributed by atoms with Crippen molar-refractivity contribution in [3.63, 3.8) is 0 Å². The zero-order valence-corrected chi connectivity index (χ0v) is 18.2. The summed E-state index contributed by atoms with van der Waals surface area (Å²) in [5.74, 6) is 0. The number of hydrogen-bond donors (Lipinski definition) is 0. The number of benzene rings is 4. The van der Waals surface area contributed by atoms with Gasteiger partial charge in [-0.25, -0.2) is 0 Å². The van der Waals surface area contributed by atoms with Crippen LogP contribution in [-0.4, -0.2) is 5.66 Å². The summed E-state index contributed by atoms with van der Waals surface area (Å²) in [5.41, 5.74) is 1.65. The zero-order valence-electron chi connectivity index (χ0n) is 17.3. The first-order chi connectivity index (χ1) is 14.8. The van der Waals surface area contributed by atoms with Gasteiger partial charge in [0.05, 0.1) is 0 Å². The van der Waals surface area contributed by atoms with Crippen LogP contribution in [0, 0.1) is 0 Å². The third kappa shape index (κ3) is 2.49. The van der Waals surface area contributed by atoms with Crippen molar-refractivity contribution >= 4 is 22.7 Å². The van der Waals surface area contributed by atoms with E-state index in [4.69, 9.17) is 4.52 Å². The fourth-order valence-electron chi connectivity index (χ4n) is 5.45. The third-order valence-electron chi connectivity index (χ3n) is 6.67. The van der Waals surface area contributed by atoms with Gasteiger partial charge in [0.15, 0.2) is 0 Å². The standard InChI is InChI=1S/C28H27OP/c1-2-27-28(23-15-7-3-8-16-23)29-30(27,24-17-9-4-10-18-24,25-19-11-5-12-20-25)26-21-13-6-14-22-26/h3-22,27-28H,2H2,1H3/t27-,28-/m1/s1. The van der Waals surface area contributed by atoms with E-state index in [0.717, 1.165) is 6.42 Å². The van der Waals surface area contributed by atoms with Crippen LogP contribution in [0.25, 0.3) is 0 Å². The van der Waals surface area contributed by atoms with E-state index in [1.54, 1.807) is 0 Å². The molecule has 1 fully saturated rings. The molecule has 0 aliphatic carbocycles. The zero-order chi connectivity index (χ0) is 20.5. The van der Waals surface area contributed by atoms with Crippen molar-refractivity contribution in [2.45, 2.75) is 25.1 Å². The first-order valence-electron chi connectivity index (χ1n) is 10.7. The first-order valence-corrected chi connectivity index (χ1v) is 13.0. The Kier molecular flexibility index (Phi) is 4.82. The van der Waals surface area contributed by atoms with Gasteiger partial charge in [0.1, 0.15) is 0 Å². The summed E-state index contributed by atoms with van der Waals surface area (Å²) in [5, 5.41) is 3.96. The summed E-state index contributed by atoms with van der Waals surface area (Å²) in [6, 6.07) is 43.6. The van der Waals surface area contributed by atoms with Crippen LogP contribution in [0.5, 0.6) is 0 Å². The molecule has 30 heavy (non-hydrogen) atoms. The van der Waals surface area contributed by atoms with E-state index in [2.05, 4.69) is 128 Å². The summed E-state index contributed by atoms with van der Waals surface area (Å²) >= 11 is 0. The topological polar surface area (TPSA) is 9.23 Å². The van der Waals surface area contributed by atoms with Crippen LogP contribution >= 0.6 is 6.83 Å². The molecule has 1 saturated heterocycles. The van der Waals surface area contributed by atoms with E-state index in [-0.39, 0.29) is 6.10 Å². The molecular formula is C28H27OP. The second kappa shape index (κ2) is 7.51. The minimum atomic E-state index is -3.11. The van der Waals surface area contributed by atoms with Crippen LogP contribution in [0.1, 0.15) is 25.0 Å². The maximum atomic E-state index is 7.39. The van der Waals surface area contributed by atoms with E-state index < -0.39 is 6.83 Å².